The van der Waals surface area contributed by atoms with Gasteiger partial charge in [-0.05, 0) is 68.4 Å². The van der Waals surface area contributed by atoms with Gasteiger partial charge in [-0.1, -0.05) is 6.07 Å². The average Bonchev–Trinajstić information content (AvgIpc) is 3.24. The van der Waals surface area contributed by atoms with Crippen LogP contribution in [0.4, 0.5) is 13.2 Å². The SMILES string of the molecule is COc1ccc(C2(O)CCC(N3CCC4(CC3)OC(=O)C(C)=C4C(=O)N3CCc4ccc(C(F)(F)F)cc4C3)CC2)cn1. The Labute approximate surface area is 248 Å². The highest BCUT2D eigenvalue weighted by Crippen LogP contribution is 2.45. The zero-order valence-corrected chi connectivity index (χ0v) is 24.4. The van der Waals surface area contributed by atoms with Gasteiger partial charge < -0.3 is 24.4 Å². The number of methoxy groups -OCH3 is 1. The number of piperidine rings is 1. The third-order valence-electron chi connectivity index (χ3n) is 9.86. The fourth-order valence-corrected chi connectivity index (χ4v) is 7.28. The monoisotopic (exact) mass is 599 g/mol. The number of nitrogens with zero attached hydrogens (tertiary/aromatic N) is 3. The first-order valence-electron chi connectivity index (χ1n) is 14.8. The molecule has 0 bridgehead atoms. The molecule has 6 rings (SSSR count). The van der Waals surface area contributed by atoms with Gasteiger partial charge in [-0.2, -0.15) is 13.2 Å². The fourth-order valence-electron chi connectivity index (χ4n) is 7.28. The van der Waals surface area contributed by atoms with E-state index in [1.807, 2.05) is 6.07 Å². The van der Waals surface area contributed by atoms with Gasteiger partial charge in [0.15, 0.2) is 0 Å². The molecule has 0 unspecified atom stereocenters. The Kier molecular flexibility index (Phi) is 7.53. The van der Waals surface area contributed by atoms with Crippen molar-refractivity contribution in [1.29, 1.82) is 0 Å². The number of carbonyl (C=O) groups is 2. The quantitative estimate of drug-likeness (QED) is 0.517. The number of likely N-dealkylation sites (tertiary alicyclic amines) is 1. The normalized spacial score (nSPS) is 26.0. The molecule has 230 valence electrons. The summed E-state index contributed by atoms with van der Waals surface area (Å²) in [5.74, 6) is -0.348. The molecule has 4 heterocycles. The molecule has 3 aliphatic heterocycles. The summed E-state index contributed by atoms with van der Waals surface area (Å²) in [4.78, 5) is 34.9. The zero-order valence-electron chi connectivity index (χ0n) is 24.4. The molecule has 1 amide bonds. The Bertz CT molecular complexity index is 1440. The van der Waals surface area contributed by atoms with Crippen LogP contribution in [0, 0.1) is 0 Å². The van der Waals surface area contributed by atoms with E-state index >= 15 is 0 Å². The molecular formula is C32H36F3N3O5. The van der Waals surface area contributed by atoms with Crippen molar-refractivity contribution < 1.29 is 37.3 Å². The van der Waals surface area contributed by atoms with Crippen molar-refractivity contribution in [2.45, 2.75) is 81.8 Å². The number of aliphatic hydroxyl groups is 1. The molecule has 2 fully saturated rings. The molecule has 8 nitrogen and oxygen atoms in total. The summed E-state index contributed by atoms with van der Waals surface area (Å²) < 4.78 is 51.0. The number of amides is 1. The molecule has 1 saturated carbocycles. The lowest BCUT2D eigenvalue weighted by molar-refractivity contribution is -0.152. The topological polar surface area (TPSA) is 92.2 Å². The van der Waals surface area contributed by atoms with Gasteiger partial charge in [0.05, 0.1) is 23.8 Å². The number of benzene rings is 1. The van der Waals surface area contributed by atoms with Crippen LogP contribution in [0.15, 0.2) is 47.7 Å². The zero-order chi connectivity index (χ0) is 30.6. The minimum Gasteiger partial charge on any atom is -0.481 e. The van der Waals surface area contributed by atoms with Crippen LogP contribution in [0.5, 0.6) is 5.88 Å². The maximum atomic E-state index is 13.9. The highest BCUT2D eigenvalue weighted by Gasteiger charge is 2.52. The number of hydrogen-bond acceptors (Lipinski definition) is 7. The summed E-state index contributed by atoms with van der Waals surface area (Å²) in [5, 5.41) is 11.3. The lowest BCUT2D eigenvalue weighted by atomic mass is 9.76. The number of alkyl halides is 3. The summed E-state index contributed by atoms with van der Waals surface area (Å²) in [6, 6.07) is 7.56. The maximum absolute atomic E-state index is 13.9. The number of rotatable bonds is 4. The van der Waals surface area contributed by atoms with Crippen molar-refractivity contribution in [2.75, 3.05) is 26.7 Å². The largest absolute Gasteiger partial charge is 0.481 e. The number of halogens is 3. The van der Waals surface area contributed by atoms with Gasteiger partial charge >= 0.3 is 12.1 Å². The molecule has 1 aromatic heterocycles. The number of fused-ring (bicyclic) bond motifs is 1. The number of carbonyl (C=O) groups excluding carboxylic acids is 2. The summed E-state index contributed by atoms with van der Waals surface area (Å²) in [6.45, 7) is 3.27. The van der Waals surface area contributed by atoms with E-state index in [9.17, 15) is 27.9 Å². The highest BCUT2D eigenvalue weighted by atomic mass is 19.4. The summed E-state index contributed by atoms with van der Waals surface area (Å²) >= 11 is 0. The second kappa shape index (κ2) is 10.9. The van der Waals surface area contributed by atoms with Crippen LogP contribution in [-0.2, 0) is 39.1 Å². The van der Waals surface area contributed by atoms with E-state index in [4.69, 9.17) is 9.47 Å². The summed E-state index contributed by atoms with van der Waals surface area (Å²) in [6.07, 6.45) is 1.35. The molecule has 1 N–H and O–H groups in total. The van der Waals surface area contributed by atoms with Gasteiger partial charge in [-0.3, -0.25) is 4.79 Å². The Balaban J connectivity index is 1.12. The Morgan fingerprint density at radius 3 is 2.42 bits per heavy atom. The summed E-state index contributed by atoms with van der Waals surface area (Å²) in [5.41, 5.74) is -0.0333. The van der Waals surface area contributed by atoms with Crippen LogP contribution in [0.3, 0.4) is 0 Å². The predicted molar refractivity (Wildman–Crippen MR) is 150 cm³/mol. The Morgan fingerprint density at radius 2 is 1.79 bits per heavy atom. The maximum Gasteiger partial charge on any atom is 0.416 e. The van der Waals surface area contributed by atoms with Crippen LogP contribution in [0.1, 0.15) is 67.7 Å². The first-order chi connectivity index (χ1) is 20.4. The van der Waals surface area contributed by atoms with Crippen LogP contribution in [0.25, 0.3) is 0 Å². The second-order valence-corrected chi connectivity index (χ2v) is 12.2. The number of esters is 1. The number of ether oxygens (including phenoxy) is 2. The lowest BCUT2D eigenvalue weighted by Crippen LogP contribution is -2.53. The molecule has 2 aromatic rings. The van der Waals surface area contributed by atoms with Gasteiger partial charge in [0, 0.05) is 68.5 Å². The van der Waals surface area contributed by atoms with Crippen molar-refractivity contribution in [1.82, 2.24) is 14.8 Å². The van der Waals surface area contributed by atoms with E-state index in [-0.39, 0.29) is 24.1 Å². The van der Waals surface area contributed by atoms with Gasteiger partial charge in [-0.15, -0.1) is 0 Å². The fraction of sp³-hybridized carbons (Fsp3) is 0.531. The van der Waals surface area contributed by atoms with Crippen LogP contribution < -0.4 is 4.74 Å². The van der Waals surface area contributed by atoms with Gasteiger partial charge in [0.1, 0.15) is 5.60 Å². The van der Waals surface area contributed by atoms with Crippen molar-refractivity contribution in [3.05, 3.63) is 69.9 Å². The van der Waals surface area contributed by atoms with Gasteiger partial charge in [-0.25, -0.2) is 9.78 Å². The molecule has 4 aliphatic rings. The highest BCUT2D eigenvalue weighted by molar-refractivity contribution is 6.07. The molecule has 1 spiro atoms. The average molecular weight is 600 g/mol. The molecular weight excluding hydrogens is 563 g/mol. The lowest BCUT2D eigenvalue weighted by Gasteiger charge is -2.46. The van der Waals surface area contributed by atoms with Crippen molar-refractivity contribution in [3.8, 4) is 5.88 Å². The molecule has 1 saturated heterocycles. The predicted octanol–water partition coefficient (Wildman–Crippen LogP) is 4.53. The van der Waals surface area contributed by atoms with E-state index in [0.717, 1.165) is 36.1 Å². The minimum absolute atomic E-state index is 0.0555. The van der Waals surface area contributed by atoms with E-state index in [1.54, 1.807) is 31.2 Å². The molecule has 0 atom stereocenters. The number of pyridine rings is 1. The first-order valence-corrected chi connectivity index (χ1v) is 14.8. The van der Waals surface area contributed by atoms with Crippen LogP contribution >= 0.6 is 0 Å². The van der Waals surface area contributed by atoms with Crippen molar-refractivity contribution >= 4 is 11.9 Å². The Hall–Kier alpha value is -3.44. The van der Waals surface area contributed by atoms with E-state index in [1.165, 1.54) is 6.07 Å². The molecule has 43 heavy (non-hydrogen) atoms. The molecule has 1 aliphatic carbocycles. The van der Waals surface area contributed by atoms with E-state index < -0.39 is 28.9 Å². The van der Waals surface area contributed by atoms with Crippen LogP contribution in [-0.4, -0.2) is 70.2 Å². The van der Waals surface area contributed by atoms with Gasteiger partial charge in [0.25, 0.3) is 5.91 Å². The third kappa shape index (κ3) is 5.42. The Morgan fingerprint density at radius 1 is 1.07 bits per heavy atom. The molecule has 1 aromatic carbocycles. The minimum atomic E-state index is -4.46. The van der Waals surface area contributed by atoms with Crippen molar-refractivity contribution in [2.24, 2.45) is 0 Å². The second-order valence-electron chi connectivity index (χ2n) is 12.2. The van der Waals surface area contributed by atoms with Gasteiger partial charge in [0.2, 0.25) is 5.88 Å². The third-order valence-corrected chi connectivity index (χ3v) is 9.86. The van der Waals surface area contributed by atoms with Crippen LogP contribution in [0.2, 0.25) is 0 Å². The van der Waals surface area contributed by atoms with E-state index in [2.05, 4.69) is 9.88 Å². The summed E-state index contributed by atoms with van der Waals surface area (Å²) in [7, 11) is 1.55. The van der Waals surface area contributed by atoms with Crippen molar-refractivity contribution in [3.63, 3.8) is 0 Å². The molecule has 11 heteroatoms. The smallest absolute Gasteiger partial charge is 0.416 e. The molecule has 0 radical (unpaired) electrons. The number of aromatic nitrogens is 1. The van der Waals surface area contributed by atoms with E-state index in [0.29, 0.717) is 68.8 Å². The standard InChI is InChI=1S/C32H36F3N3O5/c1-20-27(28(39)38-14-9-21-3-4-23(32(33,34)35)17-22(21)19-38)31(43-29(20)40)12-15-37(16-13-31)25-7-10-30(41,11-8-25)24-5-6-26(42-2)36-18-24/h3-6,17-18,25,41H,7-16,19H2,1-2H3. The number of hydrogen-bond donors (Lipinski definition) is 1. The first kappa shape index (κ1) is 29.6.